The molecule has 0 saturated carbocycles. The Kier molecular flexibility index (Phi) is 4.75. The summed E-state index contributed by atoms with van der Waals surface area (Å²) in [5, 5.41) is 10.6. The van der Waals surface area contributed by atoms with E-state index in [1.807, 2.05) is 0 Å². The summed E-state index contributed by atoms with van der Waals surface area (Å²) in [6.45, 7) is 4.36. The zero-order valence-electron chi connectivity index (χ0n) is 9.06. The molecule has 1 aromatic rings. The van der Waals surface area contributed by atoms with Crippen molar-refractivity contribution in [2.24, 2.45) is 5.92 Å². The van der Waals surface area contributed by atoms with E-state index in [1.165, 1.54) is 0 Å². The molecule has 84 valence electrons. The average Bonchev–Trinajstić information content (AvgIpc) is 2.20. The number of phenolic OH excluding ortho intramolecular Hbond substituents is 1. The number of hydrogen-bond acceptors (Lipinski definition) is 1. The highest BCUT2D eigenvalue weighted by molar-refractivity contribution is 6.35. The Morgan fingerprint density at radius 1 is 1.33 bits per heavy atom. The molecule has 0 aliphatic rings. The highest BCUT2D eigenvalue weighted by atomic mass is 35.5. The average molecular weight is 247 g/mol. The van der Waals surface area contributed by atoms with Crippen molar-refractivity contribution in [3.8, 4) is 5.75 Å². The van der Waals surface area contributed by atoms with Crippen LogP contribution in [0.25, 0.3) is 0 Å². The maximum atomic E-state index is 9.72. The molecule has 0 fully saturated rings. The minimum absolute atomic E-state index is 0.171. The van der Waals surface area contributed by atoms with Crippen molar-refractivity contribution in [3.63, 3.8) is 0 Å². The van der Waals surface area contributed by atoms with Crippen LogP contribution in [0.15, 0.2) is 12.1 Å². The summed E-state index contributed by atoms with van der Waals surface area (Å²) >= 11 is 11.7. The van der Waals surface area contributed by atoms with Gasteiger partial charge in [-0.1, -0.05) is 43.5 Å². The van der Waals surface area contributed by atoms with Gasteiger partial charge in [0.1, 0.15) is 5.75 Å². The zero-order valence-corrected chi connectivity index (χ0v) is 10.6. The second-order valence-corrected chi connectivity index (χ2v) is 4.79. The number of phenols is 1. The molecule has 1 unspecified atom stereocenters. The first kappa shape index (κ1) is 12.7. The molecule has 0 heterocycles. The van der Waals surface area contributed by atoms with Gasteiger partial charge in [-0.05, 0) is 36.5 Å². The summed E-state index contributed by atoms with van der Waals surface area (Å²) in [4.78, 5) is 0. The van der Waals surface area contributed by atoms with Gasteiger partial charge >= 0.3 is 0 Å². The minimum atomic E-state index is 0.171. The summed E-state index contributed by atoms with van der Waals surface area (Å²) in [5.41, 5.74) is 0.841. The van der Waals surface area contributed by atoms with E-state index in [1.54, 1.807) is 12.1 Å². The fourth-order valence-corrected chi connectivity index (χ4v) is 1.95. The van der Waals surface area contributed by atoms with Crippen LogP contribution < -0.4 is 0 Å². The standard InChI is InChI=1S/C12H16Cl2O/c1-3-8(2)4-5-9-6-10(13)7-11(14)12(9)15/h6-8,15H,3-5H2,1-2H3. The Labute approximate surface area is 101 Å². The van der Waals surface area contributed by atoms with Gasteiger partial charge in [-0.15, -0.1) is 0 Å². The Hall–Kier alpha value is -0.400. The van der Waals surface area contributed by atoms with Crippen LogP contribution in [0.2, 0.25) is 10.0 Å². The molecule has 0 bridgehead atoms. The summed E-state index contributed by atoms with van der Waals surface area (Å²) in [7, 11) is 0. The molecule has 3 heteroatoms. The highest BCUT2D eigenvalue weighted by Crippen LogP contribution is 2.32. The second kappa shape index (κ2) is 5.62. The Morgan fingerprint density at radius 2 is 2.00 bits per heavy atom. The van der Waals surface area contributed by atoms with E-state index in [4.69, 9.17) is 23.2 Å². The molecule has 0 radical (unpaired) electrons. The van der Waals surface area contributed by atoms with Crippen molar-refractivity contribution >= 4 is 23.2 Å². The number of aromatic hydroxyl groups is 1. The third kappa shape index (κ3) is 3.58. The molecule has 1 atom stereocenters. The maximum Gasteiger partial charge on any atom is 0.137 e. The van der Waals surface area contributed by atoms with Crippen molar-refractivity contribution in [3.05, 3.63) is 27.7 Å². The third-order valence-electron chi connectivity index (χ3n) is 2.71. The van der Waals surface area contributed by atoms with Gasteiger partial charge in [0.05, 0.1) is 5.02 Å². The molecular weight excluding hydrogens is 231 g/mol. The Balaban J connectivity index is 2.76. The molecule has 0 aromatic heterocycles. The van der Waals surface area contributed by atoms with E-state index >= 15 is 0 Å². The molecule has 1 rings (SSSR count). The lowest BCUT2D eigenvalue weighted by molar-refractivity contribution is 0.458. The van der Waals surface area contributed by atoms with Gasteiger partial charge in [0.15, 0.2) is 0 Å². The van der Waals surface area contributed by atoms with E-state index in [0.717, 1.165) is 24.8 Å². The summed E-state index contributed by atoms with van der Waals surface area (Å²) in [6.07, 6.45) is 3.01. The van der Waals surface area contributed by atoms with Crippen LogP contribution in [-0.2, 0) is 6.42 Å². The first-order chi connectivity index (χ1) is 7.04. The molecule has 0 aliphatic carbocycles. The first-order valence-electron chi connectivity index (χ1n) is 5.21. The van der Waals surface area contributed by atoms with Gasteiger partial charge in [0, 0.05) is 5.02 Å². The molecule has 0 spiro atoms. The largest absolute Gasteiger partial charge is 0.506 e. The quantitative estimate of drug-likeness (QED) is 0.819. The molecule has 1 N–H and O–H groups in total. The van der Waals surface area contributed by atoms with Crippen LogP contribution in [0.4, 0.5) is 0 Å². The van der Waals surface area contributed by atoms with Gasteiger partial charge in [0.2, 0.25) is 0 Å². The monoisotopic (exact) mass is 246 g/mol. The summed E-state index contributed by atoms with van der Waals surface area (Å²) in [6, 6.07) is 3.34. The molecule has 0 aliphatic heterocycles. The van der Waals surface area contributed by atoms with Gasteiger partial charge in [-0.2, -0.15) is 0 Å². The van der Waals surface area contributed by atoms with E-state index in [0.29, 0.717) is 16.0 Å². The lowest BCUT2D eigenvalue weighted by atomic mass is 9.98. The fraction of sp³-hybridized carbons (Fsp3) is 0.500. The molecule has 0 saturated heterocycles. The molecule has 15 heavy (non-hydrogen) atoms. The smallest absolute Gasteiger partial charge is 0.137 e. The van der Waals surface area contributed by atoms with Gasteiger partial charge < -0.3 is 5.11 Å². The molecule has 1 nitrogen and oxygen atoms in total. The van der Waals surface area contributed by atoms with Crippen molar-refractivity contribution in [2.45, 2.75) is 33.1 Å². The topological polar surface area (TPSA) is 20.2 Å². The van der Waals surface area contributed by atoms with Crippen LogP contribution in [0.3, 0.4) is 0 Å². The summed E-state index contributed by atoms with van der Waals surface area (Å²) < 4.78 is 0. The molecule has 0 amide bonds. The molecule has 1 aromatic carbocycles. The van der Waals surface area contributed by atoms with Crippen molar-refractivity contribution < 1.29 is 5.11 Å². The highest BCUT2D eigenvalue weighted by Gasteiger charge is 2.09. The van der Waals surface area contributed by atoms with E-state index < -0.39 is 0 Å². The predicted molar refractivity (Wildman–Crippen MR) is 65.9 cm³/mol. The van der Waals surface area contributed by atoms with Crippen molar-refractivity contribution in [1.29, 1.82) is 0 Å². The van der Waals surface area contributed by atoms with Gasteiger partial charge in [0.25, 0.3) is 0 Å². The number of benzene rings is 1. The normalized spacial score (nSPS) is 12.8. The van der Waals surface area contributed by atoms with Crippen LogP contribution >= 0.6 is 23.2 Å². The lowest BCUT2D eigenvalue weighted by Crippen LogP contribution is -1.96. The Morgan fingerprint density at radius 3 is 2.60 bits per heavy atom. The van der Waals surface area contributed by atoms with Gasteiger partial charge in [-0.3, -0.25) is 0 Å². The second-order valence-electron chi connectivity index (χ2n) is 3.95. The van der Waals surface area contributed by atoms with Crippen LogP contribution in [0.1, 0.15) is 32.3 Å². The van der Waals surface area contributed by atoms with Crippen LogP contribution in [0, 0.1) is 5.92 Å². The van der Waals surface area contributed by atoms with E-state index in [9.17, 15) is 5.11 Å². The van der Waals surface area contributed by atoms with Crippen LogP contribution in [0.5, 0.6) is 5.75 Å². The minimum Gasteiger partial charge on any atom is -0.506 e. The van der Waals surface area contributed by atoms with E-state index in [-0.39, 0.29) is 5.75 Å². The maximum absolute atomic E-state index is 9.72. The predicted octanol–water partition coefficient (Wildman–Crippen LogP) is 4.68. The zero-order chi connectivity index (χ0) is 11.4. The van der Waals surface area contributed by atoms with Crippen molar-refractivity contribution in [1.82, 2.24) is 0 Å². The number of aryl methyl sites for hydroxylation is 1. The SMILES string of the molecule is CCC(C)CCc1cc(Cl)cc(Cl)c1O. The summed E-state index contributed by atoms with van der Waals surface area (Å²) in [5.74, 6) is 0.825. The number of halogens is 2. The van der Waals surface area contributed by atoms with E-state index in [2.05, 4.69) is 13.8 Å². The van der Waals surface area contributed by atoms with Crippen molar-refractivity contribution in [2.75, 3.05) is 0 Å². The van der Waals surface area contributed by atoms with Gasteiger partial charge in [-0.25, -0.2) is 0 Å². The fourth-order valence-electron chi connectivity index (χ4n) is 1.42. The third-order valence-corrected chi connectivity index (χ3v) is 3.22. The Bertz CT molecular complexity index is 337. The first-order valence-corrected chi connectivity index (χ1v) is 5.97. The number of hydrogen-bond donors (Lipinski definition) is 1. The lowest BCUT2D eigenvalue weighted by Gasteiger charge is -2.10. The van der Waals surface area contributed by atoms with Crippen LogP contribution in [-0.4, -0.2) is 5.11 Å². The number of rotatable bonds is 4. The molecular formula is C12H16Cl2O.